The second-order valence-electron chi connectivity index (χ2n) is 3.73. The molecule has 0 radical (unpaired) electrons. The molecule has 16 heavy (non-hydrogen) atoms. The van der Waals surface area contributed by atoms with Gasteiger partial charge in [-0.1, -0.05) is 19.1 Å². The quantitative estimate of drug-likeness (QED) is 0.923. The van der Waals surface area contributed by atoms with Crippen molar-refractivity contribution < 1.29 is 4.79 Å². The van der Waals surface area contributed by atoms with Crippen molar-refractivity contribution in [2.75, 3.05) is 5.32 Å². The Hall–Kier alpha value is -1.34. The van der Waals surface area contributed by atoms with Crippen LogP contribution in [0.4, 0.5) is 5.69 Å². The molecule has 0 heterocycles. The summed E-state index contributed by atoms with van der Waals surface area (Å²) in [5, 5.41) is 11.7. The average Bonchev–Trinajstić information content (AvgIpc) is 2.31. The first-order valence-electron chi connectivity index (χ1n) is 5.00. The Morgan fingerprint density at radius 3 is 2.69 bits per heavy atom. The van der Waals surface area contributed by atoms with Crippen LogP contribution in [0.3, 0.4) is 0 Å². The zero-order chi connectivity index (χ0) is 12.2. The van der Waals surface area contributed by atoms with Gasteiger partial charge in [-0.3, -0.25) is 4.79 Å². The second-order valence-corrected chi connectivity index (χ2v) is 4.59. The Bertz CT molecular complexity index is 439. The fraction of sp³-hybridized carbons (Fsp3) is 0.333. The molecule has 0 bridgehead atoms. The lowest BCUT2D eigenvalue weighted by molar-refractivity contribution is -0.122. The van der Waals surface area contributed by atoms with E-state index in [4.69, 9.17) is 5.26 Å². The van der Waals surface area contributed by atoms with E-state index in [0.717, 1.165) is 4.47 Å². The molecular weight excluding hydrogens is 268 g/mol. The number of nitriles is 1. The third-order valence-electron chi connectivity index (χ3n) is 2.58. The van der Waals surface area contributed by atoms with Crippen molar-refractivity contribution in [2.24, 2.45) is 5.41 Å². The number of hydrogen-bond donors (Lipinski definition) is 1. The Balaban J connectivity index is 2.88. The van der Waals surface area contributed by atoms with Crippen molar-refractivity contribution in [2.45, 2.75) is 20.3 Å². The number of halogens is 1. The smallest absolute Gasteiger partial charge is 0.244 e. The highest BCUT2D eigenvalue weighted by Gasteiger charge is 2.31. The number of benzene rings is 1. The van der Waals surface area contributed by atoms with Gasteiger partial charge in [-0.05, 0) is 41.4 Å². The lowest BCUT2D eigenvalue weighted by atomic mass is 9.88. The maximum atomic E-state index is 11.9. The van der Waals surface area contributed by atoms with Crippen molar-refractivity contribution >= 4 is 27.5 Å². The normalized spacial score (nSPS) is 13.6. The number of carbonyl (C=O) groups is 1. The molecule has 1 aromatic carbocycles. The molecule has 1 atom stereocenters. The van der Waals surface area contributed by atoms with Crippen LogP contribution < -0.4 is 5.32 Å². The molecule has 0 fully saturated rings. The standard InChI is InChI=1S/C12H13BrN2O/c1-3-12(2,8-14)11(16)15-10-7-5-4-6-9(10)13/h4-7H,3H2,1-2H3,(H,15,16). The van der Waals surface area contributed by atoms with Crippen molar-refractivity contribution in [3.8, 4) is 6.07 Å². The van der Waals surface area contributed by atoms with Gasteiger partial charge in [-0.25, -0.2) is 0 Å². The molecule has 0 aliphatic heterocycles. The maximum absolute atomic E-state index is 11.9. The molecule has 0 spiro atoms. The molecule has 1 amide bonds. The summed E-state index contributed by atoms with van der Waals surface area (Å²) >= 11 is 3.34. The first kappa shape index (κ1) is 12.7. The van der Waals surface area contributed by atoms with E-state index >= 15 is 0 Å². The third-order valence-corrected chi connectivity index (χ3v) is 3.27. The Morgan fingerprint density at radius 2 is 2.19 bits per heavy atom. The summed E-state index contributed by atoms with van der Waals surface area (Å²) in [4.78, 5) is 11.9. The summed E-state index contributed by atoms with van der Waals surface area (Å²) in [6.07, 6.45) is 0.486. The fourth-order valence-corrected chi connectivity index (χ4v) is 1.50. The van der Waals surface area contributed by atoms with E-state index in [2.05, 4.69) is 21.2 Å². The van der Waals surface area contributed by atoms with Gasteiger partial charge < -0.3 is 5.32 Å². The van der Waals surface area contributed by atoms with E-state index < -0.39 is 5.41 Å². The average molecular weight is 281 g/mol. The number of anilines is 1. The molecule has 84 valence electrons. The van der Waals surface area contributed by atoms with Gasteiger partial charge >= 0.3 is 0 Å². The minimum atomic E-state index is -0.977. The van der Waals surface area contributed by atoms with E-state index in [0.29, 0.717) is 12.1 Å². The van der Waals surface area contributed by atoms with Gasteiger partial charge in [0.2, 0.25) is 5.91 Å². The van der Waals surface area contributed by atoms with Gasteiger partial charge in [0.1, 0.15) is 5.41 Å². The topological polar surface area (TPSA) is 52.9 Å². The molecule has 0 aliphatic carbocycles. The van der Waals surface area contributed by atoms with Crippen LogP contribution in [-0.4, -0.2) is 5.91 Å². The van der Waals surface area contributed by atoms with E-state index in [1.165, 1.54) is 0 Å². The SMILES string of the molecule is CCC(C)(C#N)C(=O)Nc1ccccc1Br. The predicted octanol–water partition coefficient (Wildman–Crippen LogP) is 3.33. The molecule has 3 nitrogen and oxygen atoms in total. The van der Waals surface area contributed by atoms with Crippen molar-refractivity contribution in [1.82, 2.24) is 0 Å². The molecule has 0 saturated carbocycles. The molecule has 0 saturated heterocycles. The van der Waals surface area contributed by atoms with E-state index in [1.54, 1.807) is 13.0 Å². The summed E-state index contributed by atoms with van der Waals surface area (Å²) in [5.74, 6) is -0.274. The van der Waals surface area contributed by atoms with Crippen molar-refractivity contribution in [3.05, 3.63) is 28.7 Å². The first-order chi connectivity index (χ1) is 7.53. The Morgan fingerprint density at radius 1 is 1.56 bits per heavy atom. The van der Waals surface area contributed by atoms with Crippen molar-refractivity contribution in [1.29, 1.82) is 5.26 Å². The number of rotatable bonds is 3. The first-order valence-corrected chi connectivity index (χ1v) is 5.80. The highest BCUT2D eigenvalue weighted by atomic mass is 79.9. The highest BCUT2D eigenvalue weighted by molar-refractivity contribution is 9.10. The molecule has 1 N–H and O–H groups in total. The minimum absolute atomic E-state index is 0.274. The van der Waals surface area contributed by atoms with Crippen LogP contribution in [-0.2, 0) is 4.79 Å². The van der Waals surface area contributed by atoms with E-state index in [9.17, 15) is 4.79 Å². The molecule has 0 aromatic heterocycles. The zero-order valence-electron chi connectivity index (χ0n) is 9.25. The molecule has 1 aromatic rings. The number of hydrogen-bond acceptors (Lipinski definition) is 2. The van der Waals surface area contributed by atoms with Gasteiger partial charge in [0.25, 0.3) is 0 Å². The number of nitrogens with zero attached hydrogens (tertiary/aromatic N) is 1. The molecule has 1 rings (SSSR count). The summed E-state index contributed by atoms with van der Waals surface area (Å²) in [5.41, 5.74) is -0.294. The largest absolute Gasteiger partial charge is 0.324 e. The second kappa shape index (κ2) is 5.13. The van der Waals surface area contributed by atoms with Crippen LogP contribution in [0.2, 0.25) is 0 Å². The highest BCUT2D eigenvalue weighted by Crippen LogP contribution is 2.26. The Labute approximate surface area is 104 Å². The summed E-state index contributed by atoms with van der Waals surface area (Å²) in [7, 11) is 0. The summed E-state index contributed by atoms with van der Waals surface area (Å²) in [6.45, 7) is 3.46. The molecular formula is C12H13BrN2O. The van der Waals surface area contributed by atoms with Crippen LogP contribution >= 0.6 is 15.9 Å². The summed E-state index contributed by atoms with van der Waals surface area (Å²) in [6, 6.07) is 9.36. The lowest BCUT2D eigenvalue weighted by Gasteiger charge is -2.18. The maximum Gasteiger partial charge on any atom is 0.244 e. The summed E-state index contributed by atoms with van der Waals surface area (Å²) < 4.78 is 0.805. The van der Waals surface area contributed by atoms with Gasteiger partial charge in [0.05, 0.1) is 11.8 Å². The number of nitrogens with one attached hydrogen (secondary N) is 1. The monoisotopic (exact) mass is 280 g/mol. The van der Waals surface area contributed by atoms with Gasteiger partial charge in [-0.15, -0.1) is 0 Å². The third kappa shape index (κ3) is 2.61. The van der Waals surface area contributed by atoms with Gasteiger partial charge in [0, 0.05) is 4.47 Å². The minimum Gasteiger partial charge on any atom is -0.324 e. The van der Waals surface area contributed by atoms with E-state index in [1.807, 2.05) is 31.2 Å². The van der Waals surface area contributed by atoms with Crippen LogP contribution in [0.25, 0.3) is 0 Å². The van der Waals surface area contributed by atoms with Crippen LogP contribution in [0.15, 0.2) is 28.7 Å². The molecule has 4 heteroatoms. The fourth-order valence-electron chi connectivity index (χ4n) is 1.11. The van der Waals surface area contributed by atoms with Crippen LogP contribution in [0.5, 0.6) is 0 Å². The lowest BCUT2D eigenvalue weighted by Crippen LogP contribution is -2.31. The van der Waals surface area contributed by atoms with Crippen molar-refractivity contribution in [3.63, 3.8) is 0 Å². The van der Waals surface area contributed by atoms with Gasteiger partial charge in [0.15, 0.2) is 0 Å². The molecule has 1 unspecified atom stereocenters. The number of amides is 1. The van der Waals surface area contributed by atoms with Gasteiger partial charge in [-0.2, -0.15) is 5.26 Å². The molecule has 0 aliphatic rings. The van der Waals surface area contributed by atoms with E-state index in [-0.39, 0.29) is 5.91 Å². The predicted molar refractivity (Wildman–Crippen MR) is 66.8 cm³/mol. The number of carbonyl (C=O) groups excluding carboxylic acids is 1. The van der Waals surface area contributed by atoms with Crippen LogP contribution in [0.1, 0.15) is 20.3 Å². The zero-order valence-corrected chi connectivity index (χ0v) is 10.8. The van der Waals surface area contributed by atoms with Crippen LogP contribution in [0, 0.1) is 16.7 Å². The Kier molecular flexibility index (Phi) is 4.08. The number of para-hydroxylation sites is 1.